The Bertz CT molecular complexity index is 577. The van der Waals surface area contributed by atoms with E-state index in [2.05, 4.69) is 10.3 Å². The second kappa shape index (κ2) is 3.46. The number of para-hydroxylation sites is 2. The smallest absolute Gasteiger partial charge is 0.189 e. The predicted molar refractivity (Wildman–Crippen MR) is 56.7 cm³/mol. The first kappa shape index (κ1) is 5.39. The summed E-state index contributed by atoms with van der Waals surface area (Å²) in [6, 6.07) is -1.08. The molecule has 1 N–H and O–H groups in total. The Hall–Kier alpha value is -1.71. The second-order valence-electron chi connectivity index (χ2n) is 3.27. The molecule has 78 valence electrons. The molecule has 1 unspecified atom stereocenters. The van der Waals surface area contributed by atoms with Crippen LogP contribution in [-0.2, 0) is 0 Å². The number of fused-ring (bicyclic) bond motifs is 1. The van der Waals surface area contributed by atoms with E-state index in [0.717, 1.165) is 6.54 Å². The zero-order chi connectivity index (χ0) is 13.6. The molecular weight excluding hydrogens is 192 g/mol. The highest BCUT2D eigenvalue weighted by Crippen LogP contribution is 2.31. The first-order valence-corrected chi connectivity index (χ1v) is 4.77. The standard InChI is InChI=1S/C11H12N2O2/c1-2-4-9-8(3-1)14-7-10(15-9)11-12-5-6-13-11/h1-4,10H,5-7H2,(H,12,13)/i1D,2D,3D,4D. The lowest BCUT2D eigenvalue weighted by Crippen LogP contribution is -2.42. The maximum Gasteiger partial charge on any atom is 0.189 e. The van der Waals surface area contributed by atoms with Gasteiger partial charge < -0.3 is 14.8 Å². The van der Waals surface area contributed by atoms with E-state index < -0.39 is 6.10 Å². The SMILES string of the molecule is [2H]c1c([2H])c([2H])c2c(c1[2H])OCC(C1=NCCN1)O2. The third kappa shape index (κ3) is 1.52. The van der Waals surface area contributed by atoms with E-state index in [4.69, 9.17) is 15.0 Å². The highest BCUT2D eigenvalue weighted by molar-refractivity contribution is 5.88. The molecular formula is C11H12N2O2. The molecule has 1 aromatic rings. The van der Waals surface area contributed by atoms with E-state index in [1.54, 1.807) is 0 Å². The van der Waals surface area contributed by atoms with E-state index in [0.29, 0.717) is 12.4 Å². The summed E-state index contributed by atoms with van der Waals surface area (Å²) in [4.78, 5) is 4.23. The van der Waals surface area contributed by atoms with Gasteiger partial charge in [0.1, 0.15) is 12.4 Å². The third-order valence-corrected chi connectivity index (χ3v) is 2.26. The van der Waals surface area contributed by atoms with Crippen molar-refractivity contribution >= 4 is 5.84 Å². The Labute approximate surface area is 93.5 Å². The first-order chi connectivity index (χ1) is 9.09. The van der Waals surface area contributed by atoms with Crippen molar-refractivity contribution in [2.24, 2.45) is 4.99 Å². The molecule has 0 aromatic heterocycles. The molecule has 0 bridgehead atoms. The summed E-state index contributed by atoms with van der Waals surface area (Å²) in [6.07, 6.45) is -0.450. The quantitative estimate of drug-likeness (QED) is 0.743. The van der Waals surface area contributed by atoms with Crippen molar-refractivity contribution in [2.45, 2.75) is 6.10 Å². The molecule has 0 fully saturated rings. The fraction of sp³-hybridized carbons (Fsp3) is 0.364. The van der Waals surface area contributed by atoms with Gasteiger partial charge in [0.2, 0.25) is 0 Å². The molecule has 4 heteroatoms. The normalized spacial score (nSPS) is 26.9. The molecule has 15 heavy (non-hydrogen) atoms. The number of nitrogens with one attached hydrogen (secondary N) is 1. The molecule has 0 amide bonds. The molecule has 3 rings (SSSR count). The average Bonchev–Trinajstić information content (AvgIpc) is 2.96. The Balaban J connectivity index is 2.01. The van der Waals surface area contributed by atoms with Crippen LogP contribution in [0.1, 0.15) is 5.48 Å². The van der Waals surface area contributed by atoms with Crippen LogP contribution in [0.5, 0.6) is 11.5 Å². The topological polar surface area (TPSA) is 42.8 Å². The van der Waals surface area contributed by atoms with Crippen LogP contribution < -0.4 is 14.8 Å². The van der Waals surface area contributed by atoms with Crippen LogP contribution in [0.3, 0.4) is 0 Å². The number of nitrogens with zero attached hydrogens (tertiary/aromatic N) is 1. The Kier molecular flexibility index (Phi) is 1.24. The predicted octanol–water partition coefficient (Wildman–Crippen LogP) is 0.828. The second-order valence-corrected chi connectivity index (χ2v) is 3.27. The summed E-state index contributed by atoms with van der Waals surface area (Å²) >= 11 is 0. The minimum absolute atomic E-state index is 0.0543. The lowest BCUT2D eigenvalue weighted by Gasteiger charge is -2.26. The van der Waals surface area contributed by atoms with Crippen molar-refractivity contribution in [1.29, 1.82) is 0 Å². The number of hydrogen-bond acceptors (Lipinski definition) is 4. The molecule has 1 aromatic carbocycles. The van der Waals surface area contributed by atoms with Gasteiger partial charge in [-0.2, -0.15) is 0 Å². The number of amidine groups is 1. The van der Waals surface area contributed by atoms with Crippen LogP contribution >= 0.6 is 0 Å². The monoisotopic (exact) mass is 208 g/mol. The minimum atomic E-state index is -0.450. The average molecular weight is 208 g/mol. The molecule has 0 saturated carbocycles. The molecule has 0 radical (unpaired) electrons. The summed E-state index contributed by atoms with van der Waals surface area (Å²) in [5.41, 5.74) is 0. The molecule has 1 atom stereocenters. The number of hydrogen-bond donors (Lipinski definition) is 1. The lowest BCUT2D eigenvalue weighted by molar-refractivity contribution is 0.133. The van der Waals surface area contributed by atoms with Gasteiger partial charge in [0, 0.05) is 6.54 Å². The highest BCUT2D eigenvalue weighted by atomic mass is 16.6. The molecule has 2 aliphatic rings. The number of aliphatic imine (C=N–C) groups is 1. The maximum atomic E-state index is 7.82. The van der Waals surface area contributed by atoms with E-state index in [1.165, 1.54) is 0 Å². The fourth-order valence-corrected chi connectivity index (χ4v) is 1.58. The van der Waals surface area contributed by atoms with Crippen molar-refractivity contribution < 1.29 is 15.0 Å². The van der Waals surface area contributed by atoms with Gasteiger partial charge in [0.05, 0.1) is 12.0 Å². The number of benzene rings is 1. The van der Waals surface area contributed by atoms with Gasteiger partial charge >= 0.3 is 0 Å². The molecule has 0 aliphatic carbocycles. The van der Waals surface area contributed by atoms with Gasteiger partial charge in [-0.05, 0) is 12.1 Å². The third-order valence-electron chi connectivity index (χ3n) is 2.26. The number of ether oxygens (including phenoxy) is 2. The lowest BCUT2D eigenvalue weighted by atomic mass is 10.2. The van der Waals surface area contributed by atoms with Crippen molar-refractivity contribution in [1.82, 2.24) is 5.32 Å². The Morgan fingerprint density at radius 3 is 3.07 bits per heavy atom. The summed E-state index contributed by atoms with van der Waals surface area (Å²) in [6.45, 7) is 1.60. The maximum absolute atomic E-state index is 7.82. The first-order valence-electron chi connectivity index (χ1n) is 6.77. The summed E-state index contributed by atoms with van der Waals surface area (Å²) in [5, 5.41) is 3.07. The summed E-state index contributed by atoms with van der Waals surface area (Å²) < 4.78 is 41.8. The van der Waals surface area contributed by atoms with Gasteiger partial charge in [-0.15, -0.1) is 0 Å². The van der Waals surface area contributed by atoms with Crippen LogP contribution in [0, 0.1) is 0 Å². The molecule has 2 aliphatic heterocycles. The molecule has 0 saturated heterocycles. The van der Waals surface area contributed by atoms with Gasteiger partial charge in [-0.1, -0.05) is 12.1 Å². The van der Waals surface area contributed by atoms with Crippen LogP contribution in [0.15, 0.2) is 29.2 Å². The summed E-state index contributed by atoms with van der Waals surface area (Å²) in [7, 11) is 0. The van der Waals surface area contributed by atoms with Crippen molar-refractivity contribution in [3.05, 3.63) is 24.2 Å². The van der Waals surface area contributed by atoms with E-state index >= 15 is 0 Å². The van der Waals surface area contributed by atoms with Crippen LogP contribution in [-0.4, -0.2) is 31.6 Å². The van der Waals surface area contributed by atoms with Gasteiger partial charge in [-0.3, -0.25) is 4.99 Å². The van der Waals surface area contributed by atoms with E-state index in [9.17, 15) is 0 Å². The Morgan fingerprint density at radius 1 is 1.40 bits per heavy atom. The van der Waals surface area contributed by atoms with E-state index in [1.807, 2.05) is 0 Å². The van der Waals surface area contributed by atoms with Crippen molar-refractivity contribution in [3.8, 4) is 11.5 Å². The number of rotatable bonds is 1. The Morgan fingerprint density at radius 2 is 2.27 bits per heavy atom. The zero-order valence-electron chi connectivity index (χ0n) is 12.0. The van der Waals surface area contributed by atoms with Crippen LogP contribution in [0.4, 0.5) is 0 Å². The minimum Gasteiger partial charge on any atom is -0.485 e. The zero-order valence-corrected chi connectivity index (χ0v) is 7.96. The largest absolute Gasteiger partial charge is 0.485 e. The van der Waals surface area contributed by atoms with Gasteiger partial charge in [0.25, 0.3) is 0 Å². The molecule has 4 nitrogen and oxygen atoms in total. The summed E-state index contributed by atoms with van der Waals surface area (Å²) in [5.74, 6) is 0.789. The van der Waals surface area contributed by atoms with Crippen LogP contribution in [0.2, 0.25) is 0 Å². The highest BCUT2D eigenvalue weighted by Gasteiger charge is 2.26. The van der Waals surface area contributed by atoms with Crippen molar-refractivity contribution in [2.75, 3.05) is 19.7 Å². The molecule has 0 spiro atoms. The van der Waals surface area contributed by atoms with E-state index in [-0.39, 0.29) is 42.3 Å². The fourth-order valence-electron chi connectivity index (χ4n) is 1.58. The molecule has 2 heterocycles. The van der Waals surface area contributed by atoms with Crippen LogP contribution in [0.25, 0.3) is 0 Å². The van der Waals surface area contributed by atoms with Crippen molar-refractivity contribution in [3.63, 3.8) is 0 Å². The van der Waals surface area contributed by atoms with Gasteiger partial charge in [-0.25, -0.2) is 0 Å². The van der Waals surface area contributed by atoms with Gasteiger partial charge in [0.15, 0.2) is 17.6 Å².